The summed E-state index contributed by atoms with van der Waals surface area (Å²) in [6.45, 7) is 1.15. The number of carbonyl (C=O) groups excluding carboxylic acids is 1. The minimum absolute atomic E-state index is 0.433. The van der Waals surface area contributed by atoms with Crippen LogP contribution in [0.5, 0.6) is 0 Å². The fraction of sp³-hybridized carbons (Fsp3) is 0.857. The topological polar surface area (TPSA) is 86.8 Å². The predicted octanol–water partition coefficient (Wildman–Crippen LogP) is -1.45. The van der Waals surface area contributed by atoms with Gasteiger partial charge in [0.15, 0.2) is 0 Å². The Hall–Kier alpha value is -0.300. The van der Waals surface area contributed by atoms with Crippen LogP contribution in [-0.2, 0) is 4.79 Å². The smallest absolute Gasteiger partial charge is 0.234 e. The summed E-state index contributed by atoms with van der Waals surface area (Å²) in [6.07, 6.45) is -0.433. The summed E-state index contributed by atoms with van der Waals surface area (Å²) in [5.74, 6) is -1.07. The molecule has 1 amide bonds. The molecule has 0 aromatic heterocycles. The van der Waals surface area contributed by atoms with Gasteiger partial charge < -0.3 is 15.9 Å². The molecule has 0 aliphatic carbocycles. The fourth-order valence-corrected chi connectivity index (χ4v) is 2.17. The van der Waals surface area contributed by atoms with Crippen molar-refractivity contribution < 1.29 is 15.0 Å². The quantitative estimate of drug-likeness (QED) is 0.492. The molecule has 0 saturated carbocycles. The van der Waals surface area contributed by atoms with Crippen molar-refractivity contribution in [3.05, 3.63) is 0 Å². The number of amides is 1. The van der Waals surface area contributed by atoms with E-state index in [4.69, 9.17) is 5.73 Å². The Labute approximate surface area is 80.9 Å². The first-order valence-corrected chi connectivity index (χ1v) is 5.24. The van der Waals surface area contributed by atoms with Crippen LogP contribution in [0.1, 0.15) is 6.42 Å². The number of rotatable bonds is 3. The number of carbonyl (C=O) groups is 1. The van der Waals surface area contributed by atoms with Crippen LogP contribution < -0.4 is 5.73 Å². The maximum atomic E-state index is 10.5. The highest BCUT2D eigenvalue weighted by Gasteiger charge is 2.34. The Morgan fingerprint density at radius 1 is 1.46 bits per heavy atom. The lowest BCUT2D eigenvalue weighted by molar-refractivity contribution is -0.261. The van der Waals surface area contributed by atoms with E-state index in [0.29, 0.717) is 13.1 Å². The van der Waals surface area contributed by atoms with E-state index in [1.54, 1.807) is 11.8 Å². The summed E-state index contributed by atoms with van der Waals surface area (Å²) in [7, 11) is 0. The third kappa shape index (κ3) is 3.15. The van der Waals surface area contributed by atoms with Gasteiger partial charge >= 0.3 is 0 Å². The molecule has 0 aromatic rings. The van der Waals surface area contributed by atoms with Gasteiger partial charge in [0.2, 0.25) is 11.8 Å². The van der Waals surface area contributed by atoms with Gasteiger partial charge in [-0.05, 0) is 0 Å². The number of nitrogens with zero attached hydrogens (tertiary/aromatic N) is 1. The molecule has 1 rings (SSSR count). The lowest BCUT2D eigenvalue weighted by atomic mass is 10.2. The van der Waals surface area contributed by atoms with Gasteiger partial charge in [-0.2, -0.15) is 11.8 Å². The molecule has 4 N–H and O–H groups in total. The molecule has 13 heavy (non-hydrogen) atoms. The monoisotopic (exact) mass is 206 g/mol. The Morgan fingerprint density at radius 3 is 2.46 bits per heavy atom. The Morgan fingerprint density at radius 2 is 2.00 bits per heavy atom. The van der Waals surface area contributed by atoms with Crippen molar-refractivity contribution in [1.29, 1.82) is 0 Å². The zero-order valence-corrected chi connectivity index (χ0v) is 8.09. The fourth-order valence-electron chi connectivity index (χ4n) is 1.27. The molecule has 1 saturated heterocycles. The molecule has 1 heterocycles. The summed E-state index contributed by atoms with van der Waals surface area (Å²) < 4.78 is 0. The van der Waals surface area contributed by atoms with E-state index < -0.39 is 18.2 Å². The first-order valence-electron chi connectivity index (χ1n) is 4.08. The standard InChI is InChI=1S/C7H14N2O3S/c8-6(10)5-7(11,12)9-1-3-13-4-2-9/h11-12H,1-5H2,(H2,8,10). The van der Waals surface area contributed by atoms with Crippen molar-refractivity contribution in [3.8, 4) is 0 Å². The molecular formula is C7H14N2O3S. The van der Waals surface area contributed by atoms with E-state index in [-0.39, 0.29) is 0 Å². The predicted molar refractivity (Wildman–Crippen MR) is 49.9 cm³/mol. The Balaban J connectivity index is 2.50. The van der Waals surface area contributed by atoms with E-state index in [1.807, 2.05) is 0 Å². The SMILES string of the molecule is NC(=O)CC(O)(O)N1CCSCC1. The van der Waals surface area contributed by atoms with E-state index in [2.05, 4.69) is 0 Å². The largest absolute Gasteiger partial charge is 0.369 e. The van der Waals surface area contributed by atoms with E-state index in [1.165, 1.54) is 4.90 Å². The molecule has 0 spiro atoms. The van der Waals surface area contributed by atoms with E-state index in [0.717, 1.165) is 11.5 Å². The average molecular weight is 206 g/mol. The van der Waals surface area contributed by atoms with Crippen LogP contribution in [-0.4, -0.2) is 51.5 Å². The summed E-state index contributed by atoms with van der Waals surface area (Å²) >= 11 is 1.75. The highest BCUT2D eigenvalue weighted by atomic mass is 32.2. The van der Waals surface area contributed by atoms with Crippen LogP contribution in [0.2, 0.25) is 0 Å². The average Bonchev–Trinajstić information content (AvgIpc) is 2.04. The molecule has 0 atom stereocenters. The number of hydrogen-bond donors (Lipinski definition) is 3. The zero-order valence-electron chi connectivity index (χ0n) is 7.27. The van der Waals surface area contributed by atoms with Gasteiger partial charge in [0.05, 0.1) is 6.42 Å². The van der Waals surface area contributed by atoms with E-state index in [9.17, 15) is 15.0 Å². The van der Waals surface area contributed by atoms with Crippen molar-refractivity contribution in [2.75, 3.05) is 24.6 Å². The second-order valence-electron chi connectivity index (χ2n) is 3.02. The van der Waals surface area contributed by atoms with Crippen molar-refractivity contribution in [2.24, 2.45) is 5.73 Å². The number of primary amides is 1. The number of thioether (sulfide) groups is 1. The third-order valence-electron chi connectivity index (χ3n) is 1.93. The molecule has 6 heteroatoms. The molecule has 1 aliphatic heterocycles. The Bertz CT molecular complexity index is 192. The van der Waals surface area contributed by atoms with Gasteiger partial charge in [-0.3, -0.25) is 9.69 Å². The van der Waals surface area contributed by atoms with Crippen LogP contribution in [0.25, 0.3) is 0 Å². The van der Waals surface area contributed by atoms with Crippen LogP contribution in [0, 0.1) is 0 Å². The summed E-state index contributed by atoms with van der Waals surface area (Å²) in [5, 5.41) is 19.0. The zero-order chi connectivity index (χ0) is 9.90. The second kappa shape index (κ2) is 4.28. The summed E-state index contributed by atoms with van der Waals surface area (Å²) in [4.78, 5) is 12.0. The second-order valence-corrected chi connectivity index (χ2v) is 4.24. The molecule has 1 aliphatic rings. The van der Waals surface area contributed by atoms with Crippen molar-refractivity contribution in [1.82, 2.24) is 4.90 Å². The van der Waals surface area contributed by atoms with Gasteiger partial charge in [-0.15, -0.1) is 0 Å². The highest BCUT2D eigenvalue weighted by Crippen LogP contribution is 2.18. The molecule has 0 unspecified atom stereocenters. The normalized spacial score (nSPS) is 20.2. The van der Waals surface area contributed by atoms with Crippen LogP contribution in [0.15, 0.2) is 0 Å². The third-order valence-corrected chi connectivity index (χ3v) is 2.87. The lowest BCUT2D eigenvalue weighted by Gasteiger charge is -2.36. The van der Waals surface area contributed by atoms with Crippen LogP contribution in [0.3, 0.4) is 0 Å². The summed E-state index contributed by atoms with van der Waals surface area (Å²) in [6, 6.07) is 0. The van der Waals surface area contributed by atoms with Gasteiger partial charge in [0.25, 0.3) is 0 Å². The van der Waals surface area contributed by atoms with Gasteiger partial charge in [0, 0.05) is 24.6 Å². The van der Waals surface area contributed by atoms with Crippen LogP contribution >= 0.6 is 11.8 Å². The Kier molecular flexibility index (Phi) is 3.55. The first kappa shape index (κ1) is 10.8. The van der Waals surface area contributed by atoms with Gasteiger partial charge in [0.1, 0.15) is 0 Å². The maximum Gasteiger partial charge on any atom is 0.234 e. The molecule has 0 bridgehead atoms. The van der Waals surface area contributed by atoms with Crippen LogP contribution in [0.4, 0.5) is 0 Å². The molecule has 0 radical (unpaired) electrons. The van der Waals surface area contributed by atoms with Crippen molar-refractivity contribution in [3.63, 3.8) is 0 Å². The van der Waals surface area contributed by atoms with Crippen molar-refractivity contribution in [2.45, 2.75) is 12.3 Å². The molecule has 1 fully saturated rings. The van der Waals surface area contributed by atoms with Gasteiger partial charge in [-0.25, -0.2) is 0 Å². The molecule has 76 valence electrons. The number of nitrogens with two attached hydrogens (primary N) is 1. The highest BCUT2D eigenvalue weighted by molar-refractivity contribution is 7.99. The molecule has 5 nitrogen and oxygen atoms in total. The van der Waals surface area contributed by atoms with E-state index >= 15 is 0 Å². The summed E-state index contributed by atoms with van der Waals surface area (Å²) in [5.41, 5.74) is 4.89. The minimum Gasteiger partial charge on any atom is -0.369 e. The first-order chi connectivity index (χ1) is 6.02. The lowest BCUT2D eigenvalue weighted by Crippen LogP contribution is -2.54. The number of aliphatic hydroxyl groups is 2. The minimum atomic E-state index is -2.06. The molecular weight excluding hydrogens is 192 g/mol. The number of hydrogen-bond acceptors (Lipinski definition) is 5. The molecule has 0 aromatic carbocycles. The van der Waals surface area contributed by atoms with Crippen molar-refractivity contribution >= 4 is 17.7 Å². The van der Waals surface area contributed by atoms with Gasteiger partial charge in [-0.1, -0.05) is 0 Å². The maximum absolute atomic E-state index is 10.5.